The van der Waals surface area contributed by atoms with E-state index < -0.39 is 0 Å². The average molecular weight is 294 g/mol. The van der Waals surface area contributed by atoms with Gasteiger partial charge in [0.1, 0.15) is 0 Å². The maximum absolute atomic E-state index is 12.5. The molecule has 0 aromatic heterocycles. The number of carbonyl (C=O) groups excluding carboxylic acids is 1. The van der Waals surface area contributed by atoms with Crippen molar-refractivity contribution in [3.05, 3.63) is 0 Å². The van der Waals surface area contributed by atoms with Gasteiger partial charge >= 0.3 is 0 Å². The predicted molar refractivity (Wildman–Crippen MR) is 87.9 cm³/mol. The molecule has 0 aromatic rings. The van der Waals surface area contributed by atoms with Crippen molar-refractivity contribution in [2.75, 3.05) is 6.54 Å². The molecule has 0 spiro atoms. The fourth-order valence-corrected chi connectivity index (χ4v) is 3.89. The van der Waals surface area contributed by atoms with E-state index in [2.05, 4.69) is 37.9 Å². The molecule has 2 atom stereocenters. The largest absolute Gasteiger partial charge is 0.326 e. The summed E-state index contributed by atoms with van der Waals surface area (Å²) in [5.41, 5.74) is 0. The van der Waals surface area contributed by atoms with Gasteiger partial charge in [0.05, 0.1) is 12.2 Å². The monoisotopic (exact) mass is 294 g/mol. The van der Waals surface area contributed by atoms with Gasteiger partial charge in [0, 0.05) is 6.54 Å². The molecule has 0 bridgehead atoms. The maximum atomic E-state index is 12.5. The van der Waals surface area contributed by atoms with Gasteiger partial charge in [0.25, 0.3) is 0 Å². The first kappa shape index (κ1) is 16.8. The summed E-state index contributed by atoms with van der Waals surface area (Å²) in [7, 11) is 0. The number of amides is 1. The lowest BCUT2D eigenvalue weighted by atomic mass is 9.81. The molecule has 0 radical (unpaired) electrons. The molecule has 1 saturated carbocycles. The highest BCUT2D eigenvalue weighted by Gasteiger charge is 2.37. The van der Waals surface area contributed by atoms with Gasteiger partial charge in [-0.3, -0.25) is 10.1 Å². The summed E-state index contributed by atoms with van der Waals surface area (Å²) in [5.74, 6) is 2.72. The molecule has 3 heteroatoms. The average Bonchev–Trinajstić information content (AvgIpc) is 2.73. The van der Waals surface area contributed by atoms with Crippen LogP contribution < -0.4 is 5.32 Å². The normalized spacial score (nSPS) is 34.0. The highest BCUT2D eigenvalue weighted by atomic mass is 16.2. The zero-order valence-electron chi connectivity index (χ0n) is 14.4. The minimum atomic E-state index is 0.0557. The molecule has 0 aromatic carbocycles. The smallest absolute Gasteiger partial charge is 0.241 e. The Labute approximate surface area is 130 Å². The summed E-state index contributed by atoms with van der Waals surface area (Å²) in [5, 5.41) is 3.54. The van der Waals surface area contributed by atoms with Crippen LogP contribution in [0.25, 0.3) is 0 Å². The van der Waals surface area contributed by atoms with Crippen molar-refractivity contribution in [3.8, 4) is 0 Å². The Morgan fingerprint density at radius 3 is 2.48 bits per heavy atom. The minimum absolute atomic E-state index is 0.0557. The van der Waals surface area contributed by atoms with Crippen LogP contribution in [0.15, 0.2) is 0 Å². The molecule has 122 valence electrons. The molecule has 1 N–H and O–H groups in total. The van der Waals surface area contributed by atoms with E-state index in [-0.39, 0.29) is 12.2 Å². The molecule has 2 fully saturated rings. The van der Waals surface area contributed by atoms with Crippen LogP contribution in [0.4, 0.5) is 0 Å². The molecule has 1 saturated heterocycles. The van der Waals surface area contributed by atoms with Crippen molar-refractivity contribution in [2.24, 2.45) is 17.8 Å². The maximum Gasteiger partial charge on any atom is 0.241 e. The quantitative estimate of drug-likeness (QED) is 0.808. The van der Waals surface area contributed by atoms with E-state index >= 15 is 0 Å². The second kappa shape index (κ2) is 7.62. The molecule has 1 aliphatic carbocycles. The zero-order chi connectivity index (χ0) is 15.4. The summed E-state index contributed by atoms with van der Waals surface area (Å²) in [4.78, 5) is 14.7. The van der Waals surface area contributed by atoms with Crippen molar-refractivity contribution in [1.29, 1.82) is 0 Å². The molecule has 2 aliphatic rings. The molecular weight excluding hydrogens is 260 g/mol. The first-order valence-corrected chi connectivity index (χ1v) is 9.07. The fourth-order valence-electron chi connectivity index (χ4n) is 3.89. The number of carbonyl (C=O) groups is 1. The van der Waals surface area contributed by atoms with Crippen LogP contribution in [0.2, 0.25) is 0 Å². The van der Waals surface area contributed by atoms with Gasteiger partial charge in [0.2, 0.25) is 5.91 Å². The Balaban J connectivity index is 1.87. The van der Waals surface area contributed by atoms with Gasteiger partial charge in [-0.15, -0.1) is 0 Å². The summed E-state index contributed by atoms with van der Waals surface area (Å²) in [6.45, 7) is 9.92. The third-order valence-corrected chi connectivity index (χ3v) is 5.37. The second-order valence-electron chi connectivity index (χ2n) is 7.72. The molecule has 1 aliphatic heterocycles. The van der Waals surface area contributed by atoms with E-state index in [1.807, 2.05) is 0 Å². The predicted octanol–water partition coefficient (Wildman–Crippen LogP) is 3.79. The van der Waals surface area contributed by atoms with E-state index in [0.29, 0.717) is 11.8 Å². The second-order valence-corrected chi connectivity index (χ2v) is 7.72. The van der Waals surface area contributed by atoms with Crippen LogP contribution in [0.3, 0.4) is 0 Å². The Morgan fingerprint density at radius 2 is 1.90 bits per heavy atom. The summed E-state index contributed by atoms with van der Waals surface area (Å²) >= 11 is 0. The highest BCUT2D eigenvalue weighted by Crippen LogP contribution is 2.31. The summed E-state index contributed by atoms with van der Waals surface area (Å²) in [6.07, 6.45) is 8.93. The summed E-state index contributed by atoms with van der Waals surface area (Å²) in [6, 6.07) is 0.0557. The van der Waals surface area contributed by atoms with E-state index in [4.69, 9.17) is 0 Å². The molecule has 1 amide bonds. The van der Waals surface area contributed by atoms with E-state index in [9.17, 15) is 4.79 Å². The molecule has 21 heavy (non-hydrogen) atoms. The van der Waals surface area contributed by atoms with Crippen molar-refractivity contribution >= 4 is 5.91 Å². The van der Waals surface area contributed by atoms with E-state index in [1.165, 1.54) is 32.1 Å². The Hall–Kier alpha value is -0.570. The van der Waals surface area contributed by atoms with Gasteiger partial charge in [0.15, 0.2) is 0 Å². The van der Waals surface area contributed by atoms with Crippen molar-refractivity contribution in [3.63, 3.8) is 0 Å². The first-order valence-electron chi connectivity index (χ1n) is 9.07. The van der Waals surface area contributed by atoms with Gasteiger partial charge in [-0.05, 0) is 37.0 Å². The molecule has 3 nitrogen and oxygen atoms in total. The highest BCUT2D eigenvalue weighted by molar-refractivity contribution is 5.84. The topological polar surface area (TPSA) is 32.3 Å². The Bertz CT molecular complexity index is 334. The minimum Gasteiger partial charge on any atom is -0.326 e. The number of hydrogen-bond acceptors (Lipinski definition) is 2. The fraction of sp³-hybridized carbons (Fsp3) is 0.944. The Kier molecular flexibility index (Phi) is 6.09. The van der Waals surface area contributed by atoms with Gasteiger partial charge in [-0.2, -0.15) is 0 Å². The van der Waals surface area contributed by atoms with Crippen LogP contribution >= 0.6 is 0 Å². The van der Waals surface area contributed by atoms with Crippen LogP contribution in [0.1, 0.15) is 72.6 Å². The first-order chi connectivity index (χ1) is 10.0. The lowest BCUT2D eigenvalue weighted by Gasteiger charge is -2.30. The molecular formula is C18H34N2O. The van der Waals surface area contributed by atoms with Crippen molar-refractivity contribution in [1.82, 2.24) is 10.2 Å². The van der Waals surface area contributed by atoms with Crippen LogP contribution in [0.5, 0.6) is 0 Å². The third kappa shape index (κ3) is 4.45. The van der Waals surface area contributed by atoms with Crippen molar-refractivity contribution in [2.45, 2.75) is 84.8 Å². The van der Waals surface area contributed by atoms with E-state index in [0.717, 1.165) is 31.2 Å². The molecule has 2 unspecified atom stereocenters. The number of nitrogens with one attached hydrogen (secondary N) is 1. The number of nitrogens with zero attached hydrogens (tertiary/aromatic N) is 1. The number of hydrogen-bond donors (Lipinski definition) is 1. The Morgan fingerprint density at radius 1 is 1.24 bits per heavy atom. The van der Waals surface area contributed by atoms with Crippen LogP contribution in [0, 0.1) is 17.8 Å². The van der Waals surface area contributed by atoms with Gasteiger partial charge in [-0.25, -0.2) is 0 Å². The van der Waals surface area contributed by atoms with Gasteiger partial charge < -0.3 is 4.90 Å². The van der Waals surface area contributed by atoms with Gasteiger partial charge in [-0.1, -0.05) is 53.4 Å². The molecule has 1 heterocycles. The van der Waals surface area contributed by atoms with Crippen LogP contribution in [-0.4, -0.2) is 29.6 Å². The standard InChI is InChI=1S/C18H34N2O/c1-5-16-18(21)20(17(19-16)12-13(2)3)11-10-15-8-6-14(4)7-9-15/h13-17,19H,5-12H2,1-4H3. The van der Waals surface area contributed by atoms with E-state index in [1.54, 1.807) is 0 Å². The lowest BCUT2D eigenvalue weighted by molar-refractivity contribution is -0.130. The number of rotatable bonds is 6. The lowest BCUT2D eigenvalue weighted by Crippen LogP contribution is -2.39. The SMILES string of the molecule is CCC1NC(CC(C)C)N(CCC2CCC(C)CC2)C1=O. The van der Waals surface area contributed by atoms with Crippen molar-refractivity contribution < 1.29 is 4.79 Å². The zero-order valence-corrected chi connectivity index (χ0v) is 14.4. The third-order valence-electron chi connectivity index (χ3n) is 5.37. The van der Waals surface area contributed by atoms with Crippen LogP contribution in [-0.2, 0) is 4.79 Å². The summed E-state index contributed by atoms with van der Waals surface area (Å²) < 4.78 is 0. The molecule has 2 rings (SSSR count).